The highest BCUT2D eigenvalue weighted by Crippen LogP contribution is 2.32. The van der Waals surface area contributed by atoms with Crippen LogP contribution in [0.15, 0.2) is 36.4 Å². The predicted molar refractivity (Wildman–Crippen MR) is 84.9 cm³/mol. The Labute approximate surface area is 130 Å². The number of hydrogen-bond acceptors (Lipinski definition) is 2. The molecule has 0 spiro atoms. The summed E-state index contributed by atoms with van der Waals surface area (Å²) >= 11 is 22.8. The van der Waals surface area contributed by atoms with Gasteiger partial charge >= 0.3 is 0 Å². The van der Waals surface area contributed by atoms with E-state index in [1.165, 1.54) is 6.07 Å². The first-order chi connectivity index (χ1) is 8.97. The third kappa shape index (κ3) is 3.51. The van der Waals surface area contributed by atoms with E-state index in [0.29, 0.717) is 20.6 Å². The van der Waals surface area contributed by atoms with Gasteiger partial charge in [0, 0.05) is 15.7 Å². The number of anilines is 1. The highest BCUT2D eigenvalue weighted by molar-refractivity contribution is 7.81. The summed E-state index contributed by atoms with van der Waals surface area (Å²) in [4.78, 5) is 0.323. The first-order valence-electron chi connectivity index (χ1n) is 5.22. The fraction of sp³-hybridized carbons (Fsp3) is 0. The summed E-state index contributed by atoms with van der Waals surface area (Å²) in [6.07, 6.45) is 0. The van der Waals surface area contributed by atoms with Crippen molar-refractivity contribution in [2.45, 2.75) is 0 Å². The van der Waals surface area contributed by atoms with Crippen LogP contribution in [0.5, 0.6) is 5.75 Å². The van der Waals surface area contributed by atoms with Gasteiger partial charge < -0.3 is 10.4 Å². The summed E-state index contributed by atoms with van der Waals surface area (Å²) < 4.78 is 0. The third-order valence-electron chi connectivity index (χ3n) is 2.37. The third-order valence-corrected chi connectivity index (χ3v) is 3.46. The number of aromatic hydroxyl groups is 1. The second-order valence-corrected chi connectivity index (χ2v) is 5.43. The van der Waals surface area contributed by atoms with Crippen LogP contribution in [0.1, 0.15) is 5.56 Å². The molecule has 0 aliphatic carbocycles. The van der Waals surface area contributed by atoms with Crippen LogP contribution < -0.4 is 5.32 Å². The monoisotopic (exact) mass is 331 g/mol. The molecule has 0 radical (unpaired) electrons. The molecular formula is C13H8Cl3NOS. The van der Waals surface area contributed by atoms with Gasteiger partial charge in [0.25, 0.3) is 0 Å². The molecule has 0 saturated heterocycles. The van der Waals surface area contributed by atoms with Crippen LogP contribution in [-0.2, 0) is 0 Å². The Balaban J connectivity index is 2.27. The molecule has 2 nitrogen and oxygen atoms in total. The largest absolute Gasteiger partial charge is 0.506 e. The summed E-state index contributed by atoms with van der Waals surface area (Å²) in [5, 5.41) is 14.0. The normalized spacial score (nSPS) is 10.3. The van der Waals surface area contributed by atoms with Crippen molar-refractivity contribution in [2.75, 3.05) is 5.32 Å². The second kappa shape index (κ2) is 5.97. The van der Waals surface area contributed by atoms with E-state index < -0.39 is 0 Å². The Morgan fingerprint density at radius 1 is 1.00 bits per heavy atom. The Bertz CT molecular complexity index is 629. The molecule has 0 saturated carbocycles. The zero-order valence-electron chi connectivity index (χ0n) is 9.45. The fourth-order valence-corrected chi connectivity index (χ4v) is 2.36. The van der Waals surface area contributed by atoms with E-state index in [2.05, 4.69) is 5.32 Å². The van der Waals surface area contributed by atoms with E-state index in [1.807, 2.05) is 0 Å². The summed E-state index contributed by atoms with van der Waals surface area (Å²) in [5.74, 6) is -0.0995. The van der Waals surface area contributed by atoms with Gasteiger partial charge in [0.1, 0.15) is 10.7 Å². The zero-order chi connectivity index (χ0) is 14.0. The lowest BCUT2D eigenvalue weighted by molar-refractivity contribution is 0.474. The smallest absolute Gasteiger partial charge is 0.144 e. The summed E-state index contributed by atoms with van der Waals surface area (Å²) in [5.41, 5.74) is 1.13. The van der Waals surface area contributed by atoms with E-state index in [1.54, 1.807) is 30.3 Å². The van der Waals surface area contributed by atoms with E-state index in [9.17, 15) is 5.11 Å². The van der Waals surface area contributed by atoms with Gasteiger partial charge in [-0.3, -0.25) is 0 Å². The Kier molecular flexibility index (Phi) is 4.53. The first-order valence-corrected chi connectivity index (χ1v) is 6.76. The number of phenols is 1. The molecule has 0 heterocycles. The minimum absolute atomic E-state index is 0.0995. The van der Waals surface area contributed by atoms with Crippen LogP contribution >= 0.6 is 47.0 Å². The van der Waals surface area contributed by atoms with Crippen molar-refractivity contribution in [3.63, 3.8) is 0 Å². The molecule has 0 fully saturated rings. The van der Waals surface area contributed by atoms with E-state index in [-0.39, 0.29) is 10.8 Å². The molecule has 0 unspecified atom stereocenters. The topological polar surface area (TPSA) is 32.3 Å². The van der Waals surface area contributed by atoms with Gasteiger partial charge in [0.2, 0.25) is 0 Å². The SMILES string of the molecule is Oc1c(Cl)cc(Cl)cc1C(=S)Nc1ccc(Cl)cc1. The fourth-order valence-electron chi connectivity index (χ4n) is 1.47. The van der Waals surface area contributed by atoms with Crippen LogP contribution in [0.2, 0.25) is 15.1 Å². The molecule has 2 aromatic carbocycles. The lowest BCUT2D eigenvalue weighted by Gasteiger charge is -2.11. The van der Waals surface area contributed by atoms with Gasteiger partial charge in [-0.1, -0.05) is 47.0 Å². The van der Waals surface area contributed by atoms with Gasteiger partial charge in [-0.25, -0.2) is 0 Å². The van der Waals surface area contributed by atoms with E-state index in [0.717, 1.165) is 5.69 Å². The van der Waals surface area contributed by atoms with Crippen LogP contribution in [0.25, 0.3) is 0 Å². The van der Waals surface area contributed by atoms with Crippen LogP contribution in [-0.4, -0.2) is 10.1 Å². The van der Waals surface area contributed by atoms with E-state index in [4.69, 9.17) is 47.0 Å². The molecule has 0 amide bonds. The molecule has 19 heavy (non-hydrogen) atoms. The van der Waals surface area contributed by atoms with Crippen molar-refractivity contribution >= 4 is 57.7 Å². The van der Waals surface area contributed by atoms with Crippen molar-refractivity contribution in [1.29, 1.82) is 0 Å². The van der Waals surface area contributed by atoms with Crippen molar-refractivity contribution in [2.24, 2.45) is 0 Å². The maximum Gasteiger partial charge on any atom is 0.144 e. The highest BCUT2D eigenvalue weighted by Gasteiger charge is 2.12. The molecule has 2 rings (SSSR count). The Morgan fingerprint density at radius 2 is 1.63 bits per heavy atom. The maximum absolute atomic E-state index is 9.88. The molecule has 2 aromatic rings. The molecule has 0 bridgehead atoms. The lowest BCUT2D eigenvalue weighted by atomic mass is 10.2. The molecule has 0 aliphatic heterocycles. The standard InChI is InChI=1S/C13H8Cl3NOS/c14-7-1-3-9(4-2-7)17-13(19)10-5-8(15)6-11(16)12(10)18/h1-6,18H,(H,17,19). The predicted octanol–water partition coefficient (Wildman–Crippen LogP) is 5.14. The minimum Gasteiger partial charge on any atom is -0.506 e. The number of phenolic OH excluding ortho intramolecular Hbond substituents is 1. The number of halogens is 3. The van der Waals surface area contributed by atoms with Crippen LogP contribution in [0.3, 0.4) is 0 Å². The highest BCUT2D eigenvalue weighted by atomic mass is 35.5. The molecule has 0 atom stereocenters. The summed E-state index contributed by atoms with van der Waals surface area (Å²) in [7, 11) is 0. The average molecular weight is 333 g/mol. The number of benzene rings is 2. The van der Waals surface area contributed by atoms with Gasteiger partial charge in [-0.2, -0.15) is 0 Å². The van der Waals surface area contributed by atoms with Crippen LogP contribution in [0, 0.1) is 0 Å². The number of nitrogens with one attached hydrogen (secondary N) is 1. The van der Waals surface area contributed by atoms with Gasteiger partial charge in [-0.15, -0.1) is 0 Å². The van der Waals surface area contributed by atoms with Gasteiger partial charge in [0.05, 0.1) is 10.6 Å². The zero-order valence-corrected chi connectivity index (χ0v) is 12.5. The Hall–Kier alpha value is -1.00. The first kappa shape index (κ1) is 14.4. The van der Waals surface area contributed by atoms with Crippen molar-refractivity contribution < 1.29 is 5.11 Å². The Morgan fingerprint density at radius 3 is 2.26 bits per heavy atom. The second-order valence-electron chi connectivity index (χ2n) is 3.74. The molecule has 6 heteroatoms. The maximum atomic E-state index is 9.88. The van der Waals surface area contributed by atoms with Crippen molar-refractivity contribution in [1.82, 2.24) is 0 Å². The number of hydrogen-bond donors (Lipinski definition) is 2. The number of thiocarbonyl (C=S) groups is 1. The molecule has 0 aliphatic rings. The van der Waals surface area contributed by atoms with Crippen molar-refractivity contribution in [3.05, 3.63) is 57.0 Å². The molecule has 98 valence electrons. The number of rotatable bonds is 2. The molecular weight excluding hydrogens is 325 g/mol. The van der Waals surface area contributed by atoms with Gasteiger partial charge in [-0.05, 0) is 36.4 Å². The summed E-state index contributed by atoms with van der Waals surface area (Å²) in [6.45, 7) is 0. The van der Waals surface area contributed by atoms with Crippen LogP contribution in [0.4, 0.5) is 5.69 Å². The van der Waals surface area contributed by atoms with E-state index >= 15 is 0 Å². The van der Waals surface area contributed by atoms with Crippen molar-refractivity contribution in [3.8, 4) is 5.75 Å². The molecule has 0 aromatic heterocycles. The van der Waals surface area contributed by atoms with Gasteiger partial charge in [0.15, 0.2) is 0 Å². The lowest BCUT2D eigenvalue weighted by Crippen LogP contribution is -2.10. The quantitative estimate of drug-likeness (QED) is 0.747. The minimum atomic E-state index is -0.0995. The average Bonchev–Trinajstić information content (AvgIpc) is 2.36. The summed E-state index contributed by atoms with van der Waals surface area (Å²) in [6, 6.07) is 10.0. The molecule has 2 N–H and O–H groups in total.